The quantitative estimate of drug-likeness (QED) is 0.201. The number of benzene rings is 2. The molecular weight excluding hydrogens is 463 g/mol. The van der Waals surface area contributed by atoms with Crippen LogP contribution in [0.25, 0.3) is 0 Å². The Morgan fingerprint density at radius 1 is 1.03 bits per heavy atom. The summed E-state index contributed by atoms with van der Waals surface area (Å²) in [6.45, 7) is 1.72. The third-order valence-electron chi connectivity index (χ3n) is 4.12. The number of hydrogen-bond acceptors (Lipinski definition) is 5. The topological polar surface area (TPSA) is 52.8 Å². The molecule has 7 heteroatoms. The van der Waals surface area contributed by atoms with Gasteiger partial charge < -0.3 is 0 Å². The zero-order valence-corrected chi connectivity index (χ0v) is 19.1. The van der Waals surface area contributed by atoms with Gasteiger partial charge in [-0.2, -0.15) is 0 Å². The molecule has 1 heterocycles. The van der Waals surface area contributed by atoms with E-state index in [9.17, 15) is 4.79 Å². The first kappa shape index (κ1) is 22.0. The summed E-state index contributed by atoms with van der Waals surface area (Å²) in [5, 5.41) is 5.23. The molecule has 0 bridgehead atoms. The fraction of sp³-hybridized carbons (Fsp3) is 0.174. The van der Waals surface area contributed by atoms with Crippen molar-refractivity contribution in [2.24, 2.45) is 5.16 Å². The molecule has 0 radical (unpaired) electrons. The minimum absolute atomic E-state index is 0.261. The maximum absolute atomic E-state index is 12.0. The van der Waals surface area contributed by atoms with E-state index in [0.717, 1.165) is 16.6 Å². The molecule has 0 spiro atoms. The fourth-order valence-electron chi connectivity index (χ4n) is 2.66. The van der Waals surface area contributed by atoms with Gasteiger partial charge in [0.2, 0.25) is 0 Å². The van der Waals surface area contributed by atoms with Crippen LogP contribution >= 0.6 is 12.2 Å². The van der Waals surface area contributed by atoms with Crippen molar-refractivity contribution in [1.82, 2.24) is 4.73 Å². The molecule has 0 fully saturated rings. The number of hydrogen-bond donors (Lipinski definition) is 0. The molecule has 30 heavy (non-hydrogen) atoms. The predicted molar refractivity (Wildman–Crippen MR) is 122 cm³/mol. The second kappa shape index (κ2) is 11.5. The van der Waals surface area contributed by atoms with Crippen LogP contribution in [0, 0.1) is 4.64 Å². The van der Waals surface area contributed by atoms with Crippen molar-refractivity contribution in [3.63, 3.8) is 0 Å². The Morgan fingerprint density at radius 3 is 2.53 bits per heavy atom. The molecule has 0 aliphatic heterocycles. The van der Waals surface area contributed by atoms with E-state index in [1.165, 1.54) is 14.8 Å². The summed E-state index contributed by atoms with van der Waals surface area (Å²) in [5.74, 6) is -0.571. The molecule has 0 amide bonds. The van der Waals surface area contributed by atoms with Gasteiger partial charge in [-0.3, -0.25) is 0 Å². The van der Waals surface area contributed by atoms with Crippen molar-refractivity contribution in [3.8, 4) is 0 Å². The van der Waals surface area contributed by atoms with Gasteiger partial charge in [-0.15, -0.1) is 0 Å². The summed E-state index contributed by atoms with van der Waals surface area (Å²) in [6, 6.07) is 23.8. The van der Waals surface area contributed by atoms with Gasteiger partial charge in [-0.05, 0) is 0 Å². The Kier molecular flexibility index (Phi) is 8.39. The number of pyridine rings is 1. The van der Waals surface area contributed by atoms with Crippen molar-refractivity contribution in [1.29, 1.82) is 0 Å². The van der Waals surface area contributed by atoms with Crippen LogP contribution in [0.5, 0.6) is 0 Å². The minimum atomic E-state index is -0.571. The van der Waals surface area contributed by atoms with Crippen molar-refractivity contribution >= 4 is 43.3 Å². The van der Waals surface area contributed by atoms with E-state index < -0.39 is 5.97 Å². The number of nitrogens with zero attached hydrogens (tertiary/aromatic N) is 2. The van der Waals surface area contributed by atoms with E-state index in [1.54, 1.807) is 24.4 Å². The van der Waals surface area contributed by atoms with Crippen LogP contribution in [0.3, 0.4) is 0 Å². The molecule has 1 aromatic heterocycles. The number of aromatic nitrogens is 1. The predicted octanol–water partition coefficient (Wildman–Crippen LogP) is 3.53. The number of carbonyl (C=O) groups is 1. The van der Waals surface area contributed by atoms with Crippen LogP contribution in [0.4, 0.5) is 0 Å². The normalized spacial score (nSPS) is 11.2. The zero-order valence-electron chi connectivity index (χ0n) is 16.6. The average molecular weight is 485 g/mol. The standard InChI is InChI=1S/C23H22N2O3SSe/c1-2-20(24-27-16-23(26)28-25-15-9-8-14-22(25)29)19-12-6-7-13-21(19)30-17-18-10-4-3-5-11-18/h3-15H,2,16-17H2,1H3/b24-20+. The summed E-state index contributed by atoms with van der Waals surface area (Å²) >= 11 is 5.36. The van der Waals surface area contributed by atoms with Crippen molar-refractivity contribution in [2.45, 2.75) is 18.7 Å². The fourth-order valence-corrected chi connectivity index (χ4v) is 5.00. The first-order chi connectivity index (χ1) is 14.7. The van der Waals surface area contributed by atoms with E-state index in [-0.39, 0.29) is 21.6 Å². The van der Waals surface area contributed by atoms with Gasteiger partial charge in [-0.1, -0.05) is 0 Å². The molecular formula is C23H22N2O3SSe. The van der Waals surface area contributed by atoms with E-state index >= 15 is 0 Å². The van der Waals surface area contributed by atoms with E-state index in [4.69, 9.17) is 21.9 Å². The second-order valence-corrected chi connectivity index (χ2v) is 8.82. The van der Waals surface area contributed by atoms with Gasteiger partial charge in [0.15, 0.2) is 0 Å². The van der Waals surface area contributed by atoms with Crippen LogP contribution in [-0.2, 0) is 15.0 Å². The van der Waals surface area contributed by atoms with Crippen LogP contribution in [0.1, 0.15) is 24.5 Å². The molecule has 0 aliphatic rings. The number of oxime groups is 1. The number of carbonyl (C=O) groups excluding carboxylic acids is 1. The summed E-state index contributed by atoms with van der Waals surface area (Å²) in [4.78, 5) is 22.5. The molecule has 0 N–H and O–H groups in total. The SMILES string of the molecule is CC/C(=N\OCC(=O)On1ccccc1=S)c1ccccc1[Se]Cc1ccccc1. The van der Waals surface area contributed by atoms with Gasteiger partial charge in [0, 0.05) is 0 Å². The van der Waals surface area contributed by atoms with Gasteiger partial charge in [0.1, 0.15) is 0 Å². The van der Waals surface area contributed by atoms with Crippen molar-refractivity contribution in [3.05, 3.63) is 94.8 Å². The van der Waals surface area contributed by atoms with Crippen LogP contribution in [0.15, 0.2) is 84.1 Å². The molecule has 3 aromatic rings. The van der Waals surface area contributed by atoms with Crippen LogP contribution < -0.4 is 9.30 Å². The van der Waals surface area contributed by atoms with Gasteiger partial charge in [-0.25, -0.2) is 0 Å². The molecule has 0 aliphatic carbocycles. The van der Waals surface area contributed by atoms with Crippen molar-refractivity contribution in [2.75, 3.05) is 6.61 Å². The molecule has 0 atom stereocenters. The molecule has 0 unspecified atom stereocenters. The van der Waals surface area contributed by atoms with Crippen molar-refractivity contribution < 1.29 is 14.5 Å². The summed E-state index contributed by atoms with van der Waals surface area (Å²) in [7, 11) is 0. The third kappa shape index (κ3) is 6.39. The van der Waals surface area contributed by atoms with Crippen LogP contribution in [-0.4, -0.2) is 38.0 Å². The van der Waals surface area contributed by atoms with Gasteiger partial charge in [0.05, 0.1) is 0 Å². The molecule has 0 saturated carbocycles. The van der Waals surface area contributed by atoms with E-state index in [0.29, 0.717) is 11.1 Å². The number of rotatable bonds is 9. The summed E-state index contributed by atoms with van der Waals surface area (Å²) in [6.07, 6.45) is 2.27. The Morgan fingerprint density at radius 2 is 1.77 bits per heavy atom. The molecule has 0 saturated heterocycles. The Bertz CT molecular complexity index is 1070. The molecule has 3 rings (SSSR count). The first-order valence-electron chi connectivity index (χ1n) is 9.51. The zero-order chi connectivity index (χ0) is 21.2. The monoisotopic (exact) mass is 486 g/mol. The summed E-state index contributed by atoms with van der Waals surface area (Å²) in [5.41, 5.74) is 3.19. The second-order valence-electron chi connectivity index (χ2n) is 6.26. The Balaban J connectivity index is 1.63. The molecule has 2 aromatic carbocycles. The van der Waals surface area contributed by atoms with Gasteiger partial charge >= 0.3 is 188 Å². The maximum atomic E-state index is 12.0. The molecule has 154 valence electrons. The van der Waals surface area contributed by atoms with Crippen LogP contribution in [0.2, 0.25) is 0 Å². The Hall–Kier alpha value is -2.73. The first-order valence-corrected chi connectivity index (χ1v) is 12.0. The Labute approximate surface area is 187 Å². The average Bonchev–Trinajstić information content (AvgIpc) is 2.78. The molecule has 5 nitrogen and oxygen atoms in total. The summed E-state index contributed by atoms with van der Waals surface area (Å²) < 4.78 is 2.89. The van der Waals surface area contributed by atoms with Gasteiger partial charge in [0.25, 0.3) is 0 Å². The van der Waals surface area contributed by atoms with E-state index in [1.807, 2.05) is 25.1 Å². The third-order valence-corrected chi connectivity index (χ3v) is 6.83. The van der Waals surface area contributed by atoms with E-state index in [2.05, 4.69) is 41.6 Å².